The fourth-order valence-corrected chi connectivity index (χ4v) is 1.09. The molecule has 19 heavy (non-hydrogen) atoms. The molecule has 0 spiro atoms. The van der Waals surface area contributed by atoms with Crippen molar-refractivity contribution in [3.63, 3.8) is 0 Å². The number of benzene rings is 1. The molecule has 0 fully saturated rings. The first-order valence-corrected chi connectivity index (χ1v) is 4.82. The molecular weight excluding hydrogens is 265 g/mol. The predicted octanol–water partition coefficient (Wildman–Crippen LogP) is 1.49. The fourth-order valence-electron chi connectivity index (χ4n) is 1.09. The second-order valence-electron chi connectivity index (χ2n) is 3.16. The highest BCUT2D eigenvalue weighted by Crippen LogP contribution is 2.24. The lowest BCUT2D eigenvalue weighted by Crippen LogP contribution is -2.21. The second kappa shape index (κ2) is 5.85. The van der Waals surface area contributed by atoms with Crippen LogP contribution in [-0.2, 0) is 4.79 Å². The number of hydrogen-bond donors (Lipinski definition) is 3. The van der Waals surface area contributed by atoms with Crippen molar-refractivity contribution in [1.82, 2.24) is 0 Å². The average molecular weight is 274 g/mol. The molecular formula is C10H9F3N4O2. The van der Waals surface area contributed by atoms with Gasteiger partial charge in [0.25, 0.3) is 5.91 Å². The number of nitrogens with one attached hydrogen (secondary N) is 2. The summed E-state index contributed by atoms with van der Waals surface area (Å²) in [7, 11) is 0. The van der Waals surface area contributed by atoms with Crippen molar-refractivity contribution < 1.29 is 22.7 Å². The SMILES string of the molecule is N=C(/N=C\N)C(=O)Nc1cccc(OC(F)(F)F)c1. The zero-order valence-corrected chi connectivity index (χ0v) is 9.36. The summed E-state index contributed by atoms with van der Waals surface area (Å²) in [4.78, 5) is 14.5. The number of amidine groups is 1. The van der Waals surface area contributed by atoms with Gasteiger partial charge in [0.05, 0.1) is 6.34 Å². The Hall–Kier alpha value is -2.58. The molecule has 0 bridgehead atoms. The first-order chi connectivity index (χ1) is 8.81. The number of hydrogen-bond acceptors (Lipinski definition) is 3. The first kappa shape index (κ1) is 14.5. The molecule has 1 rings (SSSR count). The molecule has 4 N–H and O–H groups in total. The highest BCUT2D eigenvalue weighted by Gasteiger charge is 2.31. The Bertz CT molecular complexity index is 514. The van der Waals surface area contributed by atoms with Crippen molar-refractivity contribution in [2.24, 2.45) is 10.7 Å². The van der Waals surface area contributed by atoms with E-state index >= 15 is 0 Å². The van der Waals surface area contributed by atoms with Gasteiger partial charge in [-0.1, -0.05) is 6.07 Å². The standard InChI is InChI=1S/C10H9F3N4O2/c11-10(12,13)19-7-3-1-2-6(4-7)17-9(18)8(15)16-5-14/h1-5H,(H,17,18)(H3,14,15,16). The van der Waals surface area contributed by atoms with E-state index in [2.05, 4.69) is 15.0 Å². The minimum Gasteiger partial charge on any atom is -0.406 e. The van der Waals surface area contributed by atoms with Gasteiger partial charge in [-0.25, -0.2) is 4.99 Å². The van der Waals surface area contributed by atoms with E-state index in [9.17, 15) is 18.0 Å². The summed E-state index contributed by atoms with van der Waals surface area (Å²) in [6.07, 6.45) is -4.07. The summed E-state index contributed by atoms with van der Waals surface area (Å²) in [5, 5.41) is 9.31. The van der Waals surface area contributed by atoms with Crippen LogP contribution < -0.4 is 15.8 Å². The lowest BCUT2D eigenvalue weighted by atomic mass is 10.3. The van der Waals surface area contributed by atoms with Gasteiger partial charge in [0.15, 0.2) is 0 Å². The van der Waals surface area contributed by atoms with Crippen LogP contribution in [-0.4, -0.2) is 24.4 Å². The fraction of sp³-hybridized carbons (Fsp3) is 0.100. The third-order valence-electron chi connectivity index (χ3n) is 1.74. The van der Waals surface area contributed by atoms with E-state index in [1.54, 1.807) is 0 Å². The summed E-state index contributed by atoms with van der Waals surface area (Å²) >= 11 is 0. The number of anilines is 1. The Morgan fingerprint density at radius 3 is 2.74 bits per heavy atom. The summed E-state index contributed by atoms with van der Waals surface area (Å²) in [6.45, 7) is 0. The van der Waals surface area contributed by atoms with E-state index in [0.29, 0.717) is 0 Å². The summed E-state index contributed by atoms with van der Waals surface area (Å²) in [5.74, 6) is -2.07. The van der Waals surface area contributed by atoms with Crippen molar-refractivity contribution in [3.05, 3.63) is 24.3 Å². The average Bonchev–Trinajstić information content (AvgIpc) is 2.27. The van der Waals surface area contributed by atoms with Crippen LogP contribution in [0.25, 0.3) is 0 Å². The summed E-state index contributed by atoms with van der Waals surface area (Å²) in [5.41, 5.74) is 4.93. The lowest BCUT2D eigenvalue weighted by Gasteiger charge is -2.10. The number of nitrogens with zero attached hydrogens (tertiary/aromatic N) is 1. The van der Waals surface area contributed by atoms with E-state index in [0.717, 1.165) is 18.5 Å². The largest absolute Gasteiger partial charge is 0.573 e. The number of rotatable bonds is 2. The minimum atomic E-state index is -4.82. The maximum Gasteiger partial charge on any atom is 0.573 e. The quantitative estimate of drug-likeness (QED) is 0.562. The van der Waals surface area contributed by atoms with Crippen LogP contribution in [0.5, 0.6) is 5.75 Å². The number of carbonyl (C=O) groups excluding carboxylic acids is 1. The number of nitrogens with two attached hydrogens (primary N) is 1. The van der Waals surface area contributed by atoms with Crippen molar-refractivity contribution in [1.29, 1.82) is 5.41 Å². The highest BCUT2D eigenvalue weighted by molar-refractivity contribution is 6.42. The van der Waals surface area contributed by atoms with Crippen LogP contribution in [0, 0.1) is 5.41 Å². The normalized spacial score (nSPS) is 11.3. The van der Waals surface area contributed by atoms with E-state index in [1.165, 1.54) is 12.1 Å². The molecule has 9 heteroatoms. The smallest absolute Gasteiger partial charge is 0.406 e. The van der Waals surface area contributed by atoms with Gasteiger partial charge in [0, 0.05) is 11.8 Å². The number of aliphatic imine (C=N–C) groups is 1. The molecule has 0 unspecified atom stereocenters. The van der Waals surface area contributed by atoms with Gasteiger partial charge in [-0.15, -0.1) is 13.2 Å². The van der Waals surface area contributed by atoms with Crippen molar-refractivity contribution in [3.8, 4) is 5.75 Å². The molecule has 0 atom stereocenters. The Morgan fingerprint density at radius 1 is 1.47 bits per heavy atom. The van der Waals surface area contributed by atoms with E-state index in [4.69, 9.17) is 11.1 Å². The second-order valence-corrected chi connectivity index (χ2v) is 3.16. The van der Waals surface area contributed by atoms with E-state index in [-0.39, 0.29) is 5.69 Å². The van der Waals surface area contributed by atoms with Gasteiger partial charge in [0.2, 0.25) is 5.84 Å². The lowest BCUT2D eigenvalue weighted by molar-refractivity contribution is -0.274. The van der Waals surface area contributed by atoms with E-state index < -0.39 is 23.9 Å². The van der Waals surface area contributed by atoms with Crippen LogP contribution >= 0.6 is 0 Å². The number of amides is 1. The van der Waals surface area contributed by atoms with Crippen LogP contribution in [0.1, 0.15) is 0 Å². The zero-order chi connectivity index (χ0) is 14.5. The van der Waals surface area contributed by atoms with Gasteiger partial charge < -0.3 is 15.8 Å². The number of halogens is 3. The summed E-state index contributed by atoms with van der Waals surface area (Å²) < 4.78 is 39.6. The maximum absolute atomic E-state index is 12.0. The molecule has 1 aromatic carbocycles. The van der Waals surface area contributed by atoms with Gasteiger partial charge in [-0.05, 0) is 12.1 Å². The monoisotopic (exact) mass is 274 g/mol. The molecule has 0 heterocycles. The minimum absolute atomic E-state index is 0.0312. The topological polar surface area (TPSA) is 101 Å². The van der Waals surface area contributed by atoms with E-state index in [1.807, 2.05) is 0 Å². The first-order valence-electron chi connectivity index (χ1n) is 4.82. The van der Waals surface area contributed by atoms with Crippen molar-refractivity contribution in [2.75, 3.05) is 5.32 Å². The summed E-state index contributed by atoms with van der Waals surface area (Å²) in [6, 6.07) is 4.63. The number of ether oxygens (including phenoxy) is 1. The van der Waals surface area contributed by atoms with Crippen LogP contribution in [0.15, 0.2) is 29.3 Å². The number of carbonyl (C=O) groups is 1. The highest BCUT2D eigenvalue weighted by atomic mass is 19.4. The van der Waals surface area contributed by atoms with Gasteiger partial charge in [-0.3, -0.25) is 10.2 Å². The Balaban J connectivity index is 2.77. The molecule has 1 amide bonds. The zero-order valence-electron chi connectivity index (χ0n) is 9.36. The molecule has 0 radical (unpaired) electrons. The predicted molar refractivity (Wildman–Crippen MR) is 62.2 cm³/mol. The molecule has 1 aromatic rings. The van der Waals surface area contributed by atoms with Crippen molar-refractivity contribution in [2.45, 2.75) is 6.36 Å². The molecule has 6 nitrogen and oxygen atoms in total. The van der Waals surface area contributed by atoms with Crippen molar-refractivity contribution >= 4 is 23.8 Å². The maximum atomic E-state index is 12.0. The third-order valence-corrected chi connectivity index (χ3v) is 1.74. The molecule has 0 saturated heterocycles. The van der Waals surface area contributed by atoms with Gasteiger partial charge in [-0.2, -0.15) is 0 Å². The molecule has 0 aliphatic heterocycles. The molecule has 0 aliphatic rings. The van der Waals surface area contributed by atoms with Gasteiger partial charge >= 0.3 is 6.36 Å². The van der Waals surface area contributed by atoms with Gasteiger partial charge in [0.1, 0.15) is 5.75 Å². The number of alkyl halides is 3. The Morgan fingerprint density at radius 2 is 2.16 bits per heavy atom. The Labute approximate surface area is 105 Å². The Kier molecular flexibility index (Phi) is 4.46. The molecule has 0 aliphatic carbocycles. The van der Waals surface area contributed by atoms with Crippen LogP contribution in [0.4, 0.5) is 18.9 Å². The molecule has 0 saturated carbocycles. The van der Waals surface area contributed by atoms with Crippen LogP contribution in [0.2, 0.25) is 0 Å². The molecule has 0 aromatic heterocycles. The third kappa shape index (κ3) is 5.06. The van der Waals surface area contributed by atoms with Crippen LogP contribution in [0.3, 0.4) is 0 Å². The molecule has 102 valence electrons.